The topological polar surface area (TPSA) is 115 Å². The Morgan fingerprint density at radius 1 is 0.892 bits per heavy atom. The Labute approximate surface area is 216 Å². The van der Waals surface area contributed by atoms with Crippen LogP contribution in [0.1, 0.15) is 24.1 Å². The van der Waals surface area contributed by atoms with Crippen molar-refractivity contribution in [1.29, 1.82) is 0 Å². The molecule has 0 atom stereocenters. The molecule has 0 radical (unpaired) electrons. The van der Waals surface area contributed by atoms with E-state index in [1.54, 1.807) is 0 Å². The fourth-order valence-electron chi connectivity index (χ4n) is 5.19. The predicted molar refractivity (Wildman–Crippen MR) is 133 cm³/mol. The number of sulfonamides is 1. The number of ether oxygens (including phenoxy) is 2. The molecule has 11 heteroatoms. The molecule has 0 fully saturated rings. The second-order valence-electron chi connectivity index (χ2n) is 9.40. The van der Waals surface area contributed by atoms with Crippen LogP contribution in [-0.4, -0.2) is 51.8 Å². The first-order valence-corrected chi connectivity index (χ1v) is 13.8. The number of hydrogen-bond acceptors (Lipinski definition) is 5. The van der Waals surface area contributed by atoms with Gasteiger partial charge in [0.05, 0.1) is 37.7 Å². The first-order valence-electron chi connectivity index (χ1n) is 12.3. The highest BCUT2D eigenvalue weighted by Crippen LogP contribution is 2.33. The number of nitrogens with two attached hydrogens (primary N) is 1. The van der Waals surface area contributed by atoms with Gasteiger partial charge in [0.15, 0.2) is 25.5 Å². The summed E-state index contributed by atoms with van der Waals surface area (Å²) in [5.41, 5.74) is 3.16. The van der Waals surface area contributed by atoms with Crippen molar-refractivity contribution in [2.24, 2.45) is 5.14 Å². The fraction of sp³-hybridized carbons (Fsp3) is 0.346. The summed E-state index contributed by atoms with van der Waals surface area (Å²) in [6, 6.07) is 18.5. The second kappa shape index (κ2) is 10.6. The van der Waals surface area contributed by atoms with Gasteiger partial charge in [0.1, 0.15) is 6.54 Å². The largest absolute Gasteiger partial charge is 0.484 e. The smallest absolute Gasteiger partial charge is 0.379 e. The number of quaternary nitrogens is 1. The van der Waals surface area contributed by atoms with Gasteiger partial charge in [0, 0.05) is 30.0 Å². The van der Waals surface area contributed by atoms with Crippen LogP contribution in [0.4, 0.5) is 5.69 Å². The summed E-state index contributed by atoms with van der Waals surface area (Å²) < 4.78 is 39.8. The van der Waals surface area contributed by atoms with Crippen molar-refractivity contribution in [3.63, 3.8) is 0 Å². The quantitative estimate of drug-likeness (QED) is 0.218. The van der Waals surface area contributed by atoms with Crippen molar-refractivity contribution in [2.75, 3.05) is 38.3 Å². The lowest BCUT2D eigenvalue weighted by atomic mass is 10.3. The molecule has 3 aromatic rings. The third-order valence-electron chi connectivity index (χ3n) is 6.89. The summed E-state index contributed by atoms with van der Waals surface area (Å²) in [7, 11) is -3.76. The molecule has 0 saturated carbocycles. The van der Waals surface area contributed by atoms with Crippen LogP contribution in [0.15, 0.2) is 78.0 Å². The maximum absolute atomic E-state index is 12.1. The van der Waals surface area contributed by atoms with Crippen LogP contribution < -0.4 is 19.6 Å². The number of nitrogens with zero attached hydrogens (tertiary/aromatic N) is 3. The van der Waals surface area contributed by atoms with Crippen molar-refractivity contribution in [1.82, 2.24) is 0 Å². The lowest BCUT2D eigenvalue weighted by molar-refractivity contribution is -1.16. The lowest BCUT2D eigenvalue weighted by Crippen LogP contribution is -2.62. The molecular formula is C26H32N5O5S+3. The molecule has 4 heterocycles. The molecule has 2 aliphatic heterocycles. The van der Waals surface area contributed by atoms with Gasteiger partial charge in [-0.05, 0) is 36.4 Å². The van der Waals surface area contributed by atoms with E-state index in [-0.39, 0.29) is 30.1 Å². The zero-order valence-electron chi connectivity index (χ0n) is 20.5. The van der Waals surface area contributed by atoms with E-state index >= 15 is 0 Å². The summed E-state index contributed by atoms with van der Waals surface area (Å²) in [5, 5.41) is 7.79. The standard InChI is InChI=1S/C26H31N5O5S/c27-37(33,34)24-9-7-21(8-10-24)28-25(32)11-15-35-17-18-36-16-14-31-19-22-5-1-3-12-29(22)26(31)30-13-4-2-6-23(30)20-31/h1-10,12-13,26H,11,14-20H2,(H2-,27,28,32,33,34)/q+2/p+1. The molecule has 10 nitrogen and oxygen atoms in total. The van der Waals surface area contributed by atoms with Gasteiger partial charge in [-0.2, -0.15) is 4.48 Å². The maximum atomic E-state index is 12.1. The highest BCUT2D eigenvalue weighted by molar-refractivity contribution is 7.89. The monoisotopic (exact) mass is 526 g/mol. The maximum Gasteiger partial charge on any atom is 0.484 e. The minimum atomic E-state index is -3.76. The van der Waals surface area contributed by atoms with Crippen molar-refractivity contribution in [3.8, 4) is 0 Å². The summed E-state index contributed by atoms with van der Waals surface area (Å²) in [6.45, 7) is 4.58. The molecule has 2 aromatic heterocycles. The first-order chi connectivity index (χ1) is 17.9. The van der Waals surface area contributed by atoms with Gasteiger partial charge in [-0.25, -0.2) is 13.6 Å². The first kappa shape index (κ1) is 25.4. The zero-order valence-corrected chi connectivity index (χ0v) is 21.3. The highest BCUT2D eigenvalue weighted by Gasteiger charge is 2.64. The van der Waals surface area contributed by atoms with Crippen LogP contribution in [0, 0.1) is 0 Å². The Morgan fingerprint density at radius 2 is 1.49 bits per heavy atom. The lowest BCUT2D eigenvalue weighted by Gasteiger charge is -2.24. The van der Waals surface area contributed by atoms with Gasteiger partial charge < -0.3 is 14.8 Å². The highest BCUT2D eigenvalue weighted by atomic mass is 32.2. The molecule has 0 unspecified atom stereocenters. The number of primary sulfonamides is 1. The summed E-state index contributed by atoms with van der Waals surface area (Å²) >= 11 is 0. The summed E-state index contributed by atoms with van der Waals surface area (Å²) in [6.07, 6.45) is 4.73. The van der Waals surface area contributed by atoms with Crippen LogP contribution in [0.25, 0.3) is 0 Å². The predicted octanol–water partition coefficient (Wildman–Crippen LogP) is 0.819. The minimum absolute atomic E-state index is 0.00445. The zero-order chi connectivity index (χ0) is 25.9. The van der Waals surface area contributed by atoms with Gasteiger partial charge in [0.2, 0.25) is 27.3 Å². The third-order valence-corrected chi connectivity index (χ3v) is 7.82. The van der Waals surface area contributed by atoms with Crippen molar-refractivity contribution in [3.05, 3.63) is 84.4 Å². The van der Waals surface area contributed by atoms with E-state index in [1.165, 1.54) is 35.7 Å². The normalized spacial score (nSPS) is 19.8. The molecule has 0 spiro atoms. The van der Waals surface area contributed by atoms with E-state index in [0.29, 0.717) is 25.5 Å². The molecule has 37 heavy (non-hydrogen) atoms. The molecule has 2 aliphatic rings. The van der Waals surface area contributed by atoms with Gasteiger partial charge in [-0.15, -0.1) is 0 Å². The number of nitrogens with one attached hydrogen (secondary N) is 1. The van der Waals surface area contributed by atoms with Crippen LogP contribution >= 0.6 is 0 Å². The van der Waals surface area contributed by atoms with E-state index in [2.05, 4.69) is 63.2 Å². The van der Waals surface area contributed by atoms with Gasteiger partial charge in [-0.3, -0.25) is 4.79 Å². The number of carbonyl (C=O) groups excluding carboxylic acids is 1. The second-order valence-corrected chi connectivity index (χ2v) is 11.0. The number of fused-ring (bicyclic) bond motifs is 5. The Balaban J connectivity index is 1.02. The Hall–Kier alpha value is -3.22. The third kappa shape index (κ3) is 5.55. The van der Waals surface area contributed by atoms with Crippen molar-refractivity contribution >= 4 is 21.6 Å². The molecule has 5 rings (SSSR count). The van der Waals surface area contributed by atoms with Crippen LogP contribution in [-0.2, 0) is 37.4 Å². The number of rotatable bonds is 11. The molecule has 3 N–H and O–H groups in total. The van der Waals surface area contributed by atoms with Crippen LogP contribution in [0.2, 0.25) is 0 Å². The molecule has 1 amide bonds. The van der Waals surface area contributed by atoms with Gasteiger partial charge in [-0.1, -0.05) is 9.13 Å². The average Bonchev–Trinajstić information content (AvgIpc) is 3.36. The van der Waals surface area contributed by atoms with E-state index in [9.17, 15) is 13.2 Å². The number of amides is 1. The molecule has 1 aromatic carbocycles. The fourth-order valence-corrected chi connectivity index (χ4v) is 5.70. The summed E-state index contributed by atoms with van der Waals surface area (Å²) in [4.78, 5) is 12.1. The summed E-state index contributed by atoms with van der Waals surface area (Å²) in [5.74, 6) is -0.219. The van der Waals surface area contributed by atoms with Crippen molar-refractivity contribution in [2.45, 2.75) is 30.7 Å². The van der Waals surface area contributed by atoms with Crippen LogP contribution in [0.5, 0.6) is 0 Å². The molecule has 0 saturated heterocycles. The number of pyridine rings is 2. The van der Waals surface area contributed by atoms with Crippen molar-refractivity contribution < 1.29 is 36.3 Å². The number of carbonyl (C=O) groups is 1. The Bertz CT molecular complexity index is 1330. The van der Waals surface area contributed by atoms with E-state index < -0.39 is 10.0 Å². The SMILES string of the molecule is NS(=O)(=O)c1ccc(NC(=O)CCOCCOCC[N+]23Cc4cccc[n+]4C2[n+]2ccccc2C3)cc1. The van der Waals surface area contributed by atoms with E-state index in [0.717, 1.165) is 24.1 Å². The molecule has 0 bridgehead atoms. The Kier molecular flexibility index (Phi) is 7.31. The minimum Gasteiger partial charge on any atom is -0.379 e. The average molecular weight is 527 g/mol. The molecule has 0 aliphatic carbocycles. The number of anilines is 1. The van der Waals surface area contributed by atoms with Crippen LogP contribution in [0.3, 0.4) is 0 Å². The Morgan fingerprint density at radius 3 is 2.08 bits per heavy atom. The van der Waals surface area contributed by atoms with E-state index in [1.807, 2.05) is 0 Å². The number of hydrogen-bond donors (Lipinski definition) is 2. The molecular weight excluding hydrogens is 494 g/mol. The van der Waals surface area contributed by atoms with Gasteiger partial charge in [0.25, 0.3) is 0 Å². The van der Waals surface area contributed by atoms with Gasteiger partial charge >= 0.3 is 6.29 Å². The van der Waals surface area contributed by atoms with E-state index in [4.69, 9.17) is 14.6 Å². The number of benzene rings is 1. The number of aromatic nitrogens is 2. The molecule has 194 valence electrons.